The van der Waals surface area contributed by atoms with Crippen molar-refractivity contribution >= 4 is 17.6 Å². The maximum absolute atomic E-state index is 14.1. The third-order valence-corrected chi connectivity index (χ3v) is 3.34. The summed E-state index contributed by atoms with van der Waals surface area (Å²) in [4.78, 5) is 10.7. The molecule has 1 atom stereocenters. The highest BCUT2D eigenvalue weighted by atomic mass is 35.5. The van der Waals surface area contributed by atoms with Gasteiger partial charge in [-0.25, -0.2) is 4.39 Å². The van der Waals surface area contributed by atoms with E-state index < -0.39 is 17.8 Å². The Kier molecular flexibility index (Phi) is 5.35. The van der Waals surface area contributed by atoms with E-state index in [0.717, 1.165) is 5.56 Å². The number of hydrogen-bond donors (Lipinski definition) is 2. The Morgan fingerprint density at radius 3 is 2.55 bits per heavy atom. The molecule has 0 bridgehead atoms. The highest BCUT2D eigenvalue weighted by Gasteiger charge is 2.16. The van der Waals surface area contributed by atoms with E-state index in [1.165, 1.54) is 12.1 Å². The fourth-order valence-corrected chi connectivity index (χ4v) is 2.22. The standard InChI is InChI=1S/C16H15ClFNO3/c17-12-6-11(8-14(19)16(20)21)7-13(18)15(12)22-9-10-4-2-1-3-5-10/h1-7,14H,8-9,19H2,(H,20,21). The van der Waals surface area contributed by atoms with Gasteiger partial charge in [-0.1, -0.05) is 41.9 Å². The first kappa shape index (κ1) is 16.3. The molecular formula is C16H15ClFNO3. The van der Waals surface area contributed by atoms with Crippen LogP contribution in [0.4, 0.5) is 4.39 Å². The maximum atomic E-state index is 14.1. The van der Waals surface area contributed by atoms with Gasteiger partial charge >= 0.3 is 5.97 Å². The van der Waals surface area contributed by atoms with Crippen molar-refractivity contribution in [3.8, 4) is 5.75 Å². The summed E-state index contributed by atoms with van der Waals surface area (Å²) in [7, 11) is 0. The Hall–Kier alpha value is -2.11. The van der Waals surface area contributed by atoms with Gasteiger partial charge in [0.25, 0.3) is 0 Å². The third-order valence-electron chi connectivity index (χ3n) is 3.06. The Morgan fingerprint density at radius 1 is 1.27 bits per heavy atom. The summed E-state index contributed by atoms with van der Waals surface area (Å²) in [6, 6.07) is 10.8. The quantitative estimate of drug-likeness (QED) is 0.857. The van der Waals surface area contributed by atoms with Crippen molar-refractivity contribution in [2.45, 2.75) is 19.1 Å². The normalized spacial score (nSPS) is 12.0. The number of nitrogens with two attached hydrogens (primary N) is 1. The smallest absolute Gasteiger partial charge is 0.320 e. The fourth-order valence-electron chi connectivity index (χ4n) is 1.94. The van der Waals surface area contributed by atoms with Gasteiger partial charge in [-0.15, -0.1) is 0 Å². The molecule has 0 aliphatic heterocycles. The number of hydrogen-bond acceptors (Lipinski definition) is 3. The molecule has 0 saturated heterocycles. The van der Waals surface area contributed by atoms with Crippen LogP contribution in [0.5, 0.6) is 5.75 Å². The van der Waals surface area contributed by atoms with Gasteiger partial charge in [0.05, 0.1) is 5.02 Å². The van der Waals surface area contributed by atoms with Gasteiger partial charge in [0.15, 0.2) is 11.6 Å². The van der Waals surface area contributed by atoms with Crippen LogP contribution in [-0.2, 0) is 17.8 Å². The van der Waals surface area contributed by atoms with E-state index in [4.69, 9.17) is 27.2 Å². The predicted octanol–water partition coefficient (Wildman–Crippen LogP) is 3.01. The molecule has 0 radical (unpaired) electrons. The van der Waals surface area contributed by atoms with Gasteiger partial charge < -0.3 is 15.6 Å². The second-order valence-corrected chi connectivity index (χ2v) is 5.22. The van der Waals surface area contributed by atoms with Crippen molar-refractivity contribution in [1.29, 1.82) is 0 Å². The molecular weight excluding hydrogens is 309 g/mol. The lowest BCUT2D eigenvalue weighted by atomic mass is 10.1. The number of aliphatic carboxylic acids is 1. The van der Waals surface area contributed by atoms with Gasteiger partial charge in [-0.2, -0.15) is 0 Å². The van der Waals surface area contributed by atoms with Gasteiger partial charge in [-0.3, -0.25) is 4.79 Å². The molecule has 0 heterocycles. The molecule has 3 N–H and O–H groups in total. The topological polar surface area (TPSA) is 72.5 Å². The molecule has 2 aromatic carbocycles. The molecule has 0 aliphatic rings. The molecule has 0 aliphatic carbocycles. The summed E-state index contributed by atoms with van der Waals surface area (Å²) in [6.07, 6.45) is -0.00899. The molecule has 116 valence electrons. The fraction of sp³-hybridized carbons (Fsp3) is 0.188. The summed E-state index contributed by atoms with van der Waals surface area (Å²) in [5.74, 6) is -1.85. The van der Waals surface area contributed by atoms with E-state index in [0.29, 0.717) is 5.56 Å². The molecule has 6 heteroatoms. The summed E-state index contributed by atoms with van der Waals surface area (Å²) in [5, 5.41) is 8.86. The molecule has 0 aromatic heterocycles. The lowest BCUT2D eigenvalue weighted by Crippen LogP contribution is -2.32. The Bertz CT molecular complexity index is 641. The molecule has 2 aromatic rings. The lowest BCUT2D eigenvalue weighted by molar-refractivity contribution is -0.138. The Balaban J connectivity index is 2.11. The summed E-state index contributed by atoms with van der Waals surface area (Å²) >= 11 is 6.01. The van der Waals surface area contributed by atoms with Crippen molar-refractivity contribution in [1.82, 2.24) is 0 Å². The second kappa shape index (κ2) is 7.24. The van der Waals surface area contributed by atoms with Gasteiger partial charge in [0, 0.05) is 0 Å². The maximum Gasteiger partial charge on any atom is 0.320 e. The van der Waals surface area contributed by atoms with E-state index in [9.17, 15) is 9.18 Å². The summed E-state index contributed by atoms with van der Waals surface area (Å²) in [6.45, 7) is 0.186. The minimum Gasteiger partial charge on any atom is -0.484 e. The van der Waals surface area contributed by atoms with Gasteiger partial charge in [0.2, 0.25) is 0 Å². The number of carboxylic acids is 1. The van der Waals surface area contributed by atoms with Gasteiger partial charge in [0.1, 0.15) is 12.6 Å². The minimum atomic E-state index is -1.15. The predicted molar refractivity (Wildman–Crippen MR) is 81.5 cm³/mol. The monoisotopic (exact) mass is 323 g/mol. The van der Waals surface area contributed by atoms with Crippen LogP contribution in [0.25, 0.3) is 0 Å². The average molecular weight is 324 g/mol. The van der Waals surface area contributed by atoms with E-state index >= 15 is 0 Å². The van der Waals surface area contributed by atoms with Crippen LogP contribution >= 0.6 is 11.6 Å². The van der Waals surface area contributed by atoms with Crippen LogP contribution in [0.15, 0.2) is 42.5 Å². The van der Waals surface area contributed by atoms with Crippen molar-refractivity contribution in [3.05, 3.63) is 64.4 Å². The van der Waals surface area contributed by atoms with Crippen LogP contribution in [0.2, 0.25) is 5.02 Å². The van der Waals surface area contributed by atoms with Crippen molar-refractivity contribution in [3.63, 3.8) is 0 Å². The first-order valence-corrected chi connectivity index (χ1v) is 6.98. The third kappa shape index (κ3) is 4.19. The summed E-state index contributed by atoms with van der Waals surface area (Å²) in [5.41, 5.74) is 6.72. The van der Waals surface area contributed by atoms with E-state index in [-0.39, 0.29) is 23.8 Å². The SMILES string of the molecule is NC(Cc1cc(F)c(OCc2ccccc2)c(Cl)c1)C(=O)O. The zero-order valence-corrected chi connectivity index (χ0v) is 12.4. The van der Waals surface area contributed by atoms with Crippen molar-refractivity contribution < 1.29 is 19.0 Å². The second-order valence-electron chi connectivity index (χ2n) is 4.81. The molecule has 0 saturated carbocycles. The number of ether oxygens (including phenoxy) is 1. The average Bonchev–Trinajstić information content (AvgIpc) is 2.47. The molecule has 1 unspecified atom stereocenters. The number of carbonyl (C=O) groups is 1. The Morgan fingerprint density at radius 2 is 1.95 bits per heavy atom. The Labute approximate surface area is 132 Å². The molecule has 0 amide bonds. The molecule has 0 spiro atoms. The van der Waals surface area contributed by atoms with E-state index in [1.807, 2.05) is 30.3 Å². The highest BCUT2D eigenvalue weighted by molar-refractivity contribution is 6.32. The summed E-state index contributed by atoms with van der Waals surface area (Å²) < 4.78 is 19.5. The van der Waals surface area contributed by atoms with E-state index in [2.05, 4.69) is 0 Å². The number of carboxylic acid groups (broad SMARTS) is 1. The van der Waals surface area contributed by atoms with E-state index in [1.54, 1.807) is 0 Å². The number of rotatable bonds is 6. The van der Waals surface area contributed by atoms with Crippen LogP contribution in [-0.4, -0.2) is 17.1 Å². The first-order valence-electron chi connectivity index (χ1n) is 6.60. The lowest BCUT2D eigenvalue weighted by Gasteiger charge is -2.12. The van der Waals surface area contributed by atoms with Crippen LogP contribution in [0.3, 0.4) is 0 Å². The minimum absolute atomic E-state index is 0.00899. The molecule has 2 rings (SSSR count). The zero-order valence-electron chi connectivity index (χ0n) is 11.6. The van der Waals surface area contributed by atoms with Crippen LogP contribution in [0.1, 0.15) is 11.1 Å². The highest BCUT2D eigenvalue weighted by Crippen LogP contribution is 2.30. The number of benzene rings is 2. The molecule has 4 nitrogen and oxygen atoms in total. The zero-order chi connectivity index (χ0) is 16.1. The molecule has 22 heavy (non-hydrogen) atoms. The largest absolute Gasteiger partial charge is 0.484 e. The van der Waals surface area contributed by atoms with Crippen molar-refractivity contribution in [2.24, 2.45) is 5.73 Å². The number of halogens is 2. The van der Waals surface area contributed by atoms with Crippen LogP contribution in [0, 0.1) is 5.82 Å². The first-order chi connectivity index (χ1) is 10.5. The van der Waals surface area contributed by atoms with Gasteiger partial charge in [-0.05, 0) is 29.7 Å². The molecule has 0 fully saturated rings. The van der Waals surface area contributed by atoms with Crippen LogP contribution < -0.4 is 10.5 Å². The van der Waals surface area contributed by atoms with Crippen molar-refractivity contribution in [2.75, 3.05) is 0 Å².